The second-order valence-electron chi connectivity index (χ2n) is 6.05. The van der Waals surface area contributed by atoms with Gasteiger partial charge in [-0.1, -0.05) is 0 Å². The average Bonchev–Trinajstić information content (AvgIpc) is 2.48. The van der Waals surface area contributed by atoms with E-state index in [1.165, 1.54) is 0 Å². The second kappa shape index (κ2) is 8.32. The van der Waals surface area contributed by atoms with Crippen LogP contribution in [0.1, 0.15) is 13.8 Å². The van der Waals surface area contributed by atoms with Crippen molar-refractivity contribution in [3.05, 3.63) is 0 Å². The maximum atomic E-state index is 12.1. The van der Waals surface area contributed by atoms with Gasteiger partial charge >= 0.3 is 6.09 Å². The number of hydrogen-bond donors (Lipinski definition) is 0. The molecule has 0 N–H and O–H groups in total. The summed E-state index contributed by atoms with van der Waals surface area (Å²) in [4.78, 5) is 18.2. The monoisotopic (exact) mass is 310 g/mol. The molecule has 1 amide bonds. The summed E-state index contributed by atoms with van der Waals surface area (Å²) in [5.41, 5.74) is 0. The van der Waals surface area contributed by atoms with E-state index in [0.29, 0.717) is 26.2 Å². The molecule has 0 spiro atoms. The Bertz CT molecular complexity index is 394. The Morgan fingerprint density at radius 1 is 1.18 bits per heavy atom. The fraction of sp³-hybridized carbons (Fsp3) is 0.867. The first kappa shape index (κ1) is 17.0. The molecule has 2 aliphatic heterocycles. The van der Waals surface area contributed by atoms with Gasteiger partial charge in [0.15, 0.2) is 0 Å². The van der Waals surface area contributed by atoms with E-state index < -0.39 is 0 Å². The van der Waals surface area contributed by atoms with E-state index in [2.05, 4.69) is 15.9 Å². The molecule has 0 bridgehead atoms. The molecule has 0 aromatic rings. The Balaban J connectivity index is 1.62. The first-order valence-corrected chi connectivity index (χ1v) is 7.97. The molecule has 2 aliphatic rings. The van der Waals surface area contributed by atoms with Crippen LogP contribution in [0.4, 0.5) is 4.79 Å². The molecule has 7 nitrogen and oxygen atoms in total. The van der Waals surface area contributed by atoms with Gasteiger partial charge in [0.05, 0.1) is 37.9 Å². The van der Waals surface area contributed by atoms with Crippen molar-refractivity contribution >= 4 is 6.09 Å². The Morgan fingerprint density at radius 2 is 1.77 bits per heavy atom. The fourth-order valence-corrected chi connectivity index (χ4v) is 2.95. The molecular formula is C15H26N4O3. The van der Waals surface area contributed by atoms with Crippen LogP contribution < -0.4 is 0 Å². The van der Waals surface area contributed by atoms with Crippen molar-refractivity contribution in [2.45, 2.75) is 26.1 Å². The van der Waals surface area contributed by atoms with E-state index >= 15 is 0 Å². The fourth-order valence-electron chi connectivity index (χ4n) is 2.95. The smallest absolute Gasteiger partial charge is 0.409 e. The summed E-state index contributed by atoms with van der Waals surface area (Å²) in [5, 5.41) is 8.67. The van der Waals surface area contributed by atoms with Gasteiger partial charge in [0.25, 0.3) is 0 Å². The topological polar surface area (TPSA) is 69.0 Å². The summed E-state index contributed by atoms with van der Waals surface area (Å²) in [6.45, 7) is 10.4. The lowest BCUT2D eigenvalue weighted by molar-refractivity contribution is -0.0643. The lowest BCUT2D eigenvalue weighted by atomic mass is 10.2. The Morgan fingerprint density at radius 3 is 2.36 bits per heavy atom. The van der Waals surface area contributed by atoms with Crippen LogP contribution in [0.5, 0.6) is 0 Å². The minimum absolute atomic E-state index is 0.0597. The van der Waals surface area contributed by atoms with Gasteiger partial charge < -0.3 is 14.4 Å². The van der Waals surface area contributed by atoms with E-state index in [0.717, 1.165) is 32.7 Å². The second-order valence-corrected chi connectivity index (χ2v) is 6.05. The van der Waals surface area contributed by atoms with E-state index in [4.69, 9.17) is 14.7 Å². The third-order valence-electron chi connectivity index (χ3n) is 4.07. The predicted molar refractivity (Wildman–Crippen MR) is 81.4 cm³/mol. The first-order valence-electron chi connectivity index (χ1n) is 7.97. The zero-order valence-corrected chi connectivity index (χ0v) is 13.5. The molecule has 2 rings (SSSR count). The van der Waals surface area contributed by atoms with Gasteiger partial charge in [-0.25, -0.2) is 4.79 Å². The quantitative estimate of drug-likeness (QED) is 0.699. The maximum absolute atomic E-state index is 12.1. The van der Waals surface area contributed by atoms with Crippen molar-refractivity contribution in [2.24, 2.45) is 0 Å². The molecule has 7 heteroatoms. The number of nitriles is 1. The van der Waals surface area contributed by atoms with Crippen LogP contribution in [0.25, 0.3) is 0 Å². The zero-order valence-electron chi connectivity index (χ0n) is 13.5. The van der Waals surface area contributed by atoms with Crippen molar-refractivity contribution in [1.29, 1.82) is 5.26 Å². The summed E-state index contributed by atoms with van der Waals surface area (Å²) in [5.74, 6) is 0. The molecule has 0 unspecified atom stereocenters. The van der Waals surface area contributed by atoms with Gasteiger partial charge in [-0.05, 0) is 13.8 Å². The van der Waals surface area contributed by atoms with Crippen LogP contribution in [0.15, 0.2) is 0 Å². The average molecular weight is 310 g/mol. The number of ether oxygens (including phenoxy) is 2. The van der Waals surface area contributed by atoms with Crippen LogP contribution in [-0.2, 0) is 9.47 Å². The molecule has 0 aromatic carbocycles. The SMILES string of the molecule is C[C@@H]1CN(C(=O)OCCN2CCN(CC#N)CC2)C[C@H](C)O1. The Hall–Kier alpha value is -1.36. The van der Waals surface area contributed by atoms with Crippen molar-refractivity contribution in [1.82, 2.24) is 14.7 Å². The molecule has 124 valence electrons. The minimum atomic E-state index is -0.245. The van der Waals surface area contributed by atoms with Crippen molar-refractivity contribution < 1.29 is 14.3 Å². The Labute approximate surface area is 132 Å². The van der Waals surface area contributed by atoms with Gasteiger partial charge in [-0.2, -0.15) is 5.26 Å². The molecule has 22 heavy (non-hydrogen) atoms. The normalized spacial score (nSPS) is 27.4. The van der Waals surface area contributed by atoms with E-state index in [1.54, 1.807) is 4.90 Å². The molecular weight excluding hydrogens is 284 g/mol. The molecule has 2 atom stereocenters. The summed E-state index contributed by atoms with van der Waals surface area (Å²) >= 11 is 0. The number of hydrogen-bond acceptors (Lipinski definition) is 6. The summed E-state index contributed by atoms with van der Waals surface area (Å²) in [6.07, 6.45) is -0.126. The van der Waals surface area contributed by atoms with Crippen LogP contribution in [0.3, 0.4) is 0 Å². The van der Waals surface area contributed by atoms with Gasteiger partial charge in [0.1, 0.15) is 6.61 Å². The van der Waals surface area contributed by atoms with Crippen molar-refractivity contribution in [3.63, 3.8) is 0 Å². The molecule has 0 aliphatic carbocycles. The van der Waals surface area contributed by atoms with Crippen LogP contribution in [-0.4, -0.2) is 92.0 Å². The highest BCUT2D eigenvalue weighted by atomic mass is 16.6. The largest absolute Gasteiger partial charge is 0.448 e. The number of amides is 1. The number of nitrogens with zero attached hydrogens (tertiary/aromatic N) is 4. The molecule has 0 aromatic heterocycles. The molecule has 2 heterocycles. The summed E-state index contributed by atoms with van der Waals surface area (Å²) in [7, 11) is 0. The van der Waals surface area contributed by atoms with Gasteiger partial charge in [0, 0.05) is 32.7 Å². The van der Waals surface area contributed by atoms with Crippen LogP contribution >= 0.6 is 0 Å². The van der Waals surface area contributed by atoms with Gasteiger partial charge in [-0.3, -0.25) is 9.80 Å². The van der Waals surface area contributed by atoms with Gasteiger partial charge in [0.2, 0.25) is 0 Å². The third-order valence-corrected chi connectivity index (χ3v) is 4.07. The van der Waals surface area contributed by atoms with Crippen LogP contribution in [0, 0.1) is 11.3 Å². The number of morpholine rings is 1. The predicted octanol–water partition coefficient (Wildman–Crippen LogP) is 0.373. The standard InChI is InChI=1S/C15H26N4O3/c1-13-11-19(12-14(2)22-13)15(20)21-10-9-18-7-5-17(4-3-16)6-8-18/h13-14H,4-12H2,1-2H3/t13-,14+. The molecule has 2 saturated heterocycles. The lowest BCUT2D eigenvalue weighted by Gasteiger charge is -2.35. The van der Waals surface area contributed by atoms with Gasteiger partial charge in [-0.15, -0.1) is 0 Å². The lowest BCUT2D eigenvalue weighted by Crippen LogP contribution is -2.49. The first-order chi connectivity index (χ1) is 10.6. The number of carbonyl (C=O) groups excluding carboxylic acids is 1. The van der Waals surface area contributed by atoms with Crippen LogP contribution in [0.2, 0.25) is 0 Å². The highest BCUT2D eigenvalue weighted by Crippen LogP contribution is 2.11. The zero-order chi connectivity index (χ0) is 15.9. The minimum Gasteiger partial charge on any atom is -0.448 e. The highest BCUT2D eigenvalue weighted by Gasteiger charge is 2.27. The highest BCUT2D eigenvalue weighted by molar-refractivity contribution is 5.67. The molecule has 0 radical (unpaired) electrons. The summed E-state index contributed by atoms with van der Waals surface area (Å²) < 4.78 is 11.0. The summed E-state index contributed by atoms with van der Waals surface area (Å²) in [6, 6.07) is 2.18. The Kier molecular flexibility index (Phi) is 6.43. The van der Waals surface area contributed by atoms with E-state index in [1.807, 2.05) is 13.8 Å². The number of rotatable bonds is 4. The van der Waals surface area contributed by atoms with E-state index in [9.17, 15) is 4.79 Å². The van der Waals surface area contributed by atoms with E-state index in [-0.39, 0.29) is 18.3 Å². The number of carbonyl (C=O) groups is 1. The maximum Gasteiger partial charge on any atom is 0.409 e. The molecule has 2 fully saturated rings. The third kappa shape index (κ3) is 5.13. The number of piperazine rings is 1. The van der Waals surface area contributed by atoms with Crippen molar-refractivity contribution in [3.8, 4) is 6.07 Å². The molecule has 0 saturated carbocycles. The van der Waals surface area contributed by atoms with Crippen molar-refractivity contribution in [2.75, 3.05) is 59.0 Å².